The standard InChI is InChI=1S/C22H20F3N7O3S/c1-2-31-19(21(34)30-5-7-35-8-6-30)15(12-26-31)28-20(33)14-11-18-27-13(16-4-3-9-36-16)10-17(22(23,24)25)32(18)29-14/h3-4,9-12H,2,5-8H2,1H3,(H,28,33). The fourth-order valence-corrected chi connectivity index (χ4v) is 4.57. The largest absolute Gasteiger partial charge is 0.433 e. The molecule has 4 aromatic rings. The Morgan fingerprint density at radius 3 is 2.67 bits per heavy atom. The minimum absolute atomic E-state index is 0.124. The summed E-state index contributed by atoms with van der Waals surface area (Å²) in [4.78, 5) is 32.6. The summed E-state index contributed by atoms with van der Waals surface area (Å²) in [6, 6.07) is 5.44. The van der Waals surface area contributed by atoms with E-state index < -0.39 is 17.8 Å². The smallest absolute Gasteiger partial charge is 0.378 e. The van der Waals surface area contributed by atoms with Gasteiger partial charge < -0.3 is 15.0 Å². The third-order valence-corrected chi connectivity index (χ3v) is 6.50. The highest BCUT2D eigenvalue weighted by Gasteiger charge is 2.36. The van der Waals surface area contributed by atoms with Gasteiger partial charge in [-0.25, -0.2) is 9.50 Å². The maximum atomic E-state index is 13.8. The number of nitrogens with one attached hydrogen (secondary N) is 1. The molecule has 1 aliphatic rings. The second kappa shape index (κ2) is 9.35. The summed E-state index contributed by atoms with van der Waals surface area (Å²) >= 11 is 1.25. The number of fused-ring (bicyclic) bond motifs is 1. The van der Waals surface area contributed by atoms with Crippen LogP contribution in [0.4, 0.5) is 18.9 Å². The maximum absolute atomic E-state index is 13.8. The first-order valence-corrected chi connectivity index (χ1v) is 11.9. The van der Waals surface area contributed by atoms with Gasteiger partial charge in [0.25, 0.3) is 11.8 Å². The molecule has 1 fully saturated rings. The Labute approximate surface area is 206 Å². The monoisotopic (exact) mass is 519 g/mol. The summed E-state index contributed by atoms with van der Waals surface area (Å²) in [5, 5.41) is 12.4. The van der Waals surface area contributed by atoms with Gasteiger partial charge in [0.15, 0.2) is 17.0 Å². The molecule has 36 heavy (non-hydrogen) atoms. The van der Waals surface area contributed by atoms with Crippen LogP contribution in [0.5, 0.6) is 0 Å². The zero-order valence-electron chi connectivity index (χ0n) is 18.9. The lowest BCUT2D eigenvalue weighted by atomic mass is 10.2. The summed E-state index contributed by atoms with van der Waals surface area (Å²) in [5.74, 6) is -1.12. The van der Waals surface area contributed by atoms with Crippen molar-refractivity contribution >= 4 is 34.5 Å². The number of aromatic nitrogens is 5. The number of alkyl halides is 3. The van der Waals surface area contributed by atoms with Crippen molar-refractivity contribution in [3.8, 4) is 10.6 Å². The molecule has 10 nitrogen and oxygen atoms in total. The highest BCUT2D eigenvalue weighted by atomic mass is 32.1. The van der Waals surface area contributed by atoms with Crippen LogP contribution < -0.4 is 5.32 Å². The normalized spacial score (nSPS) is 14.4. The van der Waals surface area contributed by atoms with Crippen LogP contribution >= 0.6 is 11.3 Å². The Kier molecular flexibility index (Phi) is 6.22. The van der Waals surface area contributed by atoms with Gasteiger partial charge in [-0.3, -0.25) is 14.3 Å². The molecule has 0 atom stereocenters. The number of hydrogen-bond acceptors (Lipinski definition) is 7. The number of thiophene rings is 1. The van der Waals surface area contributed by atoms with Crippen LogP contribution in [-0.4, -0.2) is 67.4 Å². The number of aryl methyl sites for hydroxylation is 1. The summed E-state index contributed by atoms with van der Waals surface area (Å²) < 4.78 is 48.8. The number of carbonyl (C=O) groups is 2. The number of hydrogen-bond donors (Lipinski definition) is 1. The van der Waals surface area contributed by atoms with Crippen molar-refractivity contribution < 1.29 is 27.5 Å². The molecule has 0 bridgehead atoms. The molecule has 0 aromatic carbocycles. The Hall–Kier alpha value is -3.78. The summed E-state index contributed by atoms with van der Waals surface area (Å²) in [6.07, 6.45) is -3.40. The zero-order valence-corrected chi connectivity index (χ0v) is 19.8. The lowest BCUT2D eigenvalue weighted by Crippen LogP contribution is -2.41. The fourth-order valence-electron chi connectivity index (χ4n) is 3.88. The maximum Gasteiger partial charge on any atom is 0.433 e. The second-order valence-electron chi connectivity index (χ2n) is 7.88. The molecule has 5 rings (SSSR count). The molecular formula is C22H20F3N7O3S. The summed E-state index contributed by atoms with van der Waals surface area (Å²) in [5.41, 5.74) is -1.04. The van der Waals surface area contributed by atoms with Gasteiger partial charge in [0, 0.05) is 25.7 Å². The molecule has 0 aliphatic carbocycles. The summed E-state index contributed by atoms with van der Waals surface area (Å²) in [6.45, 7) is 3.76. The van der Waals surface area contributed by atoms with Crippen molar-refractivity contribution in [1.29, 1.82) is 0 Å². The molecule has 0 unspecified atom stereocenters. The van der Waals surface area contributed by atoms with E-state index in [9.17, 15) is 22.8 Å². The van der Waals surface area contributed by atoms with E-state index in [1.165, 1.54) is 28.3 Å². The lowest BCUT2D eigenvalue weighted by molar-refractivity contribution is -0.142. The highest BCUT2D eigenvalue weighted by molar-refractivity contribution is 7.13. The quantitative estimate of drug-likeness (QED) is 0.433. The van der Waals surface area contributed by atoms with E-state index in [2.05, 4.69) is 20.5 Å². The Bertz CT molecular complexity index is 1420. The van der Waals surface area contributed by atoms with E-state index in [-0.39, 0.29) is 34.3 Å². The number of morpholine rings is 1. The van der Waals surface area contributed by atoms with Gasteiger partial charge in [-0.1, -0.05) is 6.07 Å². The Morgan fingerprint density at radius 2 is 2.00 bits per heavy atom. The third-order valence-electron chi connectivity index (χ3n) is 5.61. The average molecular weight is 520 g/mol. The average Bonchev–Trinajstić information content (AvgIpc) is 3.62. The number of amides is 2. The van der Waals surface area contributed by atoms with Crippen molar-refractivity contribution in [2.45, 2.75) is 19.6 Å². The van der Waals surface area contributed by atoms with E-state index >= 15 is 0 Å². The summed E-state index contributed by atoms with van der Waals surface area (Å²) in [7, 11) is 0. The molecule has 4 aromatic heterocycles. The number of anilines is 1. The molecule has 14 heteroatoms. The van der Waals surface area contributed by atoms with Crippen molar-refractivity contribution in [1.82, 2.24) is 29.3 Å². The van der Waals surface area contributed by atoms with Gasteiger partial charge in [0.2, 0.25) is 0 Å². The minimum atomic E-state index is -4.73. The van der Waals surface area contributed by atoms with E-state index in [0.29, 0.717) is 42.2 Å². The number of halogens is 3. The molecule has 2 amide bonds. The number of rotatable bonds is 5. The first-order chi connectivity index (χ1) is 17.3. The van der Waals surface area contributed by atoms with Crippen molar-refractivity contribution in [2.75, 3.05) is 31.6 Å². The van der Waals surface area contributed by atoms with Gasteiger partial charge in [0.05, 0.1) is 35.7 Å². The molecule has 188 valence electrons. The second-order valence-corrected chi connectivity index (χ2v) is 8.83. The predicted molar refractivity (Wildman–Crippen MR) is 124 cm³/mol. The molecule has 0 spiro atoms. The first-order valence-electron chi connectivity index (χ1n) is 11.0. The van der Waals surface area contributed by atoms with Crippen molar-refractivity contribution in [2.24, 2.45) is 0 Å². The van der Waals surface area contributed by atoms with Crippen LogP contribution in [0.15, 0.2) is 35.8 Å². The van der Waals surface area contributed by atoms with Crippen LogP contribution in [-0.2, 0) is 17.5 Å². The third kappa shape index (κ3) is 4.44. The number of nitrogens with zero attached hydrogens (tertiary/aromatic N) is 6. The van der Waals surface area contributed by atoms with Gasteiger partial charge in [-0.2, -0.15) is 23.4 Å². The van der Waals surface area contributed by atoms with Crippen LogP contribution in [0, 0.1) is 0 Å². The van der Waals surface area contributed by atoms with Crippen LogP contribution in [0.1, 0.15) is 33.6 Å². The lowest BCUT2D eigenvalue weighted by Gasteiger charge is -2.27. The van der Waals surface area contributed by atoms with Crippen molar-refractivity contribution in [3.63, 3.8) is 0 Å². The highest BCUT2D eigenvalue weighted by Crippen LogP contribution is 2.33. The topological polar surface area (TPSA) is 107 Å². The Balaban J connectivity index is 1.49. The molecule has 1 aliphatic heterocycles. The van der Waals surface area contributed by atoms with E-state index in [4.69, 9.17) is 4.74 Å². The van der Waals surface area contributed by atoms with Gasteiger partial charge in [-0.05, 0) is 24.4 Å². The van der Waals surface area contributed by atoms with E-state index in [1.54, 1.807) is 29.3 Å². The zero-order chi connectivity index (χ0) is 25.4. The molecular weight excluding hydrogens is 499 g/mol. The number of carbonyl (C=O) groups excluding carboxylic acids is 2. The van der Waals surface area contributed by atoms with E-state index in [0.717, 1.165) is 6.07 Å². The fraction of sp³-hybridized carbons (Fsp3) is 0.318. The van der Waals surface area contributed by atoms with Crippen LogP contribution in [0.2, 0.25) is 0 Å². The molecule has 1 N–H and O–H groups in total. The van der Waals surface area contributed by atoms with Crippen LogP contribution in [0.25, 0.3) is 16.2 Å². The van der Waals surface area contributed by atoms with Crippen LogP contribution in [0.3, 0.4) is 0 Å². The predicted octanol–water partition coefficient (Wildman–Crippen LogP) is 3.42. The van der Waals surface area contributed by atoms with Gasteiger partial charge in [-0.15, -0.1) is 11.3 Å². The van der Waals surface area contributed by atoms with Gasteiger partial charge >= 0.3 is 6.18 Å². The molecule has 5 heterocycles. The molecule has 0 saturated carbocycles. The van der Waals surface area contributed by atoms with Crippen molar-refractivity contribution in [3.05, 3.63) is 52.9 Å². The first kappa shape index (κ1) is 23.9. The SMILES string of the molecule is CCn1ncc(NC(=O)c2cc3nc(-c4cccs4)cc(C(F)(F)F)n3n2)c1C(=O)N1CCOCC1. The van der Waals surface area contributed by atoms with Gasteiger partial charge in [0.1, 0.15) is 5.69 Å². The number of ether oxygens (including phenoxy) is 1. The van der Waals surface area contributed by atoms with E-state index in [1.807, 2.05) is 0 Å². The minimum Gasteiger partial charge on any atom is -0.378 e. The Morgan fingerprint density at radius 1 is 1.22 bits per heavy atom. The molecule has 0 radical (unpaired) electrons. The molecule has 1 saturated heterocycles.